The lowest BCUT2D eigenvalue weighted by atomic mass is 9.98. The predicted octanol–water partition coefficient (Wildman–Crippen LogP) is 2.41. The zero-order valence-electron chi connectivity index (χ0n) is 11.3. The van der Waals surface area contributed by atoms with Crippen molar-refractivity contribution >= 4 is 0 Å². The van der Waals surface area contributed by atoms with Crippen LogP contribution in [0.15, 0.2) is 18.3 Å². The molecule has 1 atom stereocenters. The van der Waals surface area contributed by atoms with E-state index in [2.05, 4.69) is 4.98 Å². The topological polar surface area (TPSA) is 57.4 Å². The summed E-state index contributed by atoms with van der Waals surface area (Å²) in [6.07, 6.45) is 9.40. The van der Waals surface area contributed by atoms with Gasteiger partial charge < -0.3 is 15.2 Å². The quantitative estimate of drug-likeness (QED) is 0.905. The lowest BCUT2D eigenvalue weighted by Gasteiger charge is -2.23. The van der Waals surface area contributed by atoms with Crippen LogP contribution >= 0.6 is 0 Å². The van der Waals surface area contributed by atoms with Crippen molar-refractivity contribution in [2.75, 3.05) is 6.61 Å². The molecule has 1 aliphatic carbocycles. The maximum atomic E-state index is 6.21. The fraction of sp³-hybridized carbons (Fsp3) is 0.667. The molecule has 4 nitrogen and oxygen atoms in total. The van der Waals surface area contributed by atoms with Gasteiger partial charge in [-0.25, -0.2) is 0 Å². The van der Waals surface area contributed by atoms with Gasteiger partial charge in [-0.1, -0.05) is 12.8 Å². The molecule has 1 saturated carbocycles. The van der Waals surface area contributed by atoms with Gasteiger partial charge in [-0.3, -0.25) is 4.98 Å². The summed E-state index contributed by atoms with van der Waals surface area (Å²) >= 11 is 0. The van der Waals surface area contributed by atoms with E-state index in [9.17, 15) is 0 Å². The first-order valence-electron chi connectivity index (χ1n) is 7.25. The molecule has 1 aromatic heterocycles. The molecule has 4 heteroatoms. The molecule has 2 aliphatic rings. The van der Waals surface area contributed by atoms with E-state index < -0.39 is 0 Å². The predicted molar refractivity (Wildman–Crippen MR) is 72.9 cm³/mol. The smallest absolute Gasteiger partial charge is 0.137 e. The van der Waals surface area contributed by atoms with Crippen molar-refractivity contribution in [2.24, 2.45) is 5.73 Å². The van der Waals surface area contributed by atoms with Crippen LogP contribution in [0.25, 0.3) is 0 Å². The third kappa shape index (κ3) is 2.90. The molecule has 0 radical (unpaired) electrons. The first-order chi connectivity index (χ1) is 9.30. The third-order valence-corrected chi connectivity index (χ3v) is 4.30. The molecular formula is C15H22N2O2. The molecule has 1 unspecified atom stereocenters. The Bertz CT molecular complexity index is 413. The van der Waals surface area contributed by atoms with Crippen molar-refractivity contribution in [1.82, 2.24) is 4.98 Å². The van der Waals surface area contributed by atoms with Gasteiger partial charge in [0, 0.05) is 6.54 Å². The minimum atomic E-state index is 0.190. The monoisotopic (exact) mass is 262 g/mol. The zero-order valence-corrected chi connectivity index (χ0v) is 11.3. The Labute approximate surface area is 114 Å². The van der Waals surface area contributed by atoms with Gasteiger partial charge in [0.1, 0.15) is 12.4 Å². The van der Waals surface area contributed by atoms with Gasteiger partial charge in [0.25, 0.3) is 0 Å². The maximum Gasteiger partial charge on any atom is 0.137 e. The highest BCUT2D eigenvalue weighted by Crippen LogP contribution is 2.43. The van der Waals surface area contributed by atoms with Crippen LogP contribution in [0.1, 0.15) is 44.2 Å². The van der Waals surface area contributed by atoms with Gasteiger partial charge in [-0.05, 0) is 37.8 Å². The number of ether oxygens (including phenoxy) is 2. The normalized spacial score (nSPS) is 25.0. The molecule has 0 aromatic carbocycles. The molecule has 0 amide bonds. The number of hydrogen-bond donors (Lipinski definition) is 1. The van der Waals surface area contributed by atoms with E-state index in [0.29, 0.717) is 13.2 Å². The van der Waals surface area contributed by atoms with Gasteiger partial charge in [-0.2, -0.15) is 0 Å². The summed E-state index contributed by atoms with van der Waals surface area (Å²) in [6, 6.07) is 3.83. The summed E-state index contributed by atoms with van der Waals surface area (Å²) in [4.78, 5) is 4.22. The Morgan fingerprint density at radius 3 is 2.84 bits per heavy atom. The summed E-state index contributed by atoms with van der Waals surface area (Å²) in [7, 11) is 0. The van der Waals surface area contributed by atoms with E-state index in [-0.39, 0.29) is 11.7 Å². The van der Waals surface area contributed by atoms with E-state index >= 15 is 0 Å². The van der Waals surface area contributed by atoms with E-state index in [1.165, 1.54) is 32.1 Å². The van der Waals surface area contributed by atoms with Crippen molar-refractivity contribution in [2.45, 2.75) is 56.8 Å². The van der Waals surface area contributed by atoms with Crippen LogP contribution in [-0.4, -0.2) is 23.3 Å². The van der Waals surface area contributed by atoms with Gasteiger partial charge in [-0.15, -0.1) is 0 Å². The van der Waals surface area contributed by atoms with Crippen LogP contribution in [-0.2, 0) is 11.3 Å². The number of pyridine rings is 1. The summed E-state index contributed by atoms with van der Waals surface area (Å²) in [5, 5.41) is 0. The number of aromatic nitrogens is 1. The molecule has 2 heterocycles. The van der Waals surface area contributed by atoms with Crippen LogP contribution < -0.4 is 10.5 Å². The van der Waals surface area contributed by atoms with Gasteiger partial charge in [0.2, 0.25) is 0 Å². The van der Waals surface area contributed by atoms with Crippen LogP contribution in [0.2, 0.25) is 0 Å². The number of nitrogens with two attached hydrogens (primary N) is 1. The highest BCUT2D eigenvalue weighted by molar-refractivity contribution is 5.19. The van der Waals surface area contributed by atoms with Gasteiger partial charge >= 0.3 is 0 Å². The fourth-order valence-corrected chi connectivity index (χ4v) is 3.21. The molecule has 104 valence electrons. The fourth-order valence-electron chi connectivity index (χ4n) is 3.21. The number of nitrogens with zero attached hydrogens (tertiary/aromatic N) is 1. The van der Waals surface area contributed by atoms with Crippen LogP contribution in [0.3, 0.4) is 0 Å². The molecule has 1 spiro atoms. The van der Waals surface area contributed by atoms with E-state index in [0.717, 1.165) is 17.9 Å². The van der Waals surface area contributed by atoms with Crippen LogP contribution in [0.4, 0.5) is 0 Å². The van der Waals surface area contributed by atoms with Crippen molar-refractivity contribution in [3.63, 3.8) is 0 Å². The molecule has 1 aromatic rings. The Morgan fingerprint density at radius 1 is 1.32 bits per heavy atom. The first kappa shape index (κ1) is 12.9. The Hall–Kier alpha value is -1.13. The second-order valence-electron chi connectivity index (χ2n) is 5.67. The highest BCUT2D eigenvalue weighted by atomic mass is 16.6. The second kappa shape index (κ2) is 5.47. The third-order valence-electron chi connectivity index (χ3n) is 4.30. The standard InChI is InChI=1S/C15H22N2O2/c16-9-12-3-4-13(10-17-12)18-11-14-5-8-15(19-14)6-1-2-7-15/h3-4,10,14H,1-2,5-9,11,16H2. The van der Waals surface area contributed by atoms with Crippen LogP contribution in [0.5, 0.6) is 5.75 Å². The molecular weight excluding hydrogens is 240 g/mol. The van der Waals surface area contributed by atoms with Crippen molar-refractivity contribution in [3.05, 3.63) is 24.0 Å². The minimum absolute atomic E-state index is 0.190. The van der Waals surface area contributed by atoms with Crippen molar-refractivity contribution in [3.8, 4) is 5.75 Å². The Kier molecular flexibility index (Phi) is 3.71. The average molecular weight is 262 g/mol. The lowest BCUT2D eigenvalue weighted by Crippen LogP contribution is -2.27. The highest BCUT2D eigenvalue weighted by Gasteiger charge is 2.42. The molecule has 0 bridgehead atoms. The lowest BCUT2D eigenvalue weighted by molar-refractivity contribution is -0.0509. The SMILES string of the molecule is NCc1ccc(OCC2CCC3(CCCC3)O2)cn1. The van der Waals surface area contributed by atoms with Crippen molar-refractivity contribution < 1.29 is 9.47 Å². The van der Waals surface area contributed by atoms with Gasteiger partial charge in [0.05, 0.1) is 23.6 Å². The van der Waals surface area contributed by atoms with Crippen molar-refractivity contribution in [1.29, 1.82) is 0 Å². The molecule has 2 fully saturated rings. The average Bonchev–Trinajstić information content (AvgIpc) is 3.08. The summed E-state index contributed by atoms with van der Waals surface area (Å²) in [6.45, 7) is 1.10. The summed E-state index contributed by atoms with van der Waals surface area (Å²) in [5.41, 5.74) is 6.59. The molecule has 2 N–H and O–H groups in total. The minimum Gasteiger partial charge on any atom is -0.489 e. The van der Waals surface area contributed by atoms with Gasteiger partial charge in [0.15, 0.2) is 0 Å². The van der Waals surface area contributed by atoms with E-state index in [4.69, 9.17) is 15.2 Å². The number of rotatable bonds is 4. The molecule has 1 aliphatic heterocycles. The second-order valence-corrected chi connectivity index (χ2v) is 5.67. The Balaban J connectivity index is 1.49. The Morgan fingerprint density at radius 2 is 2.16 bits per heavy atom. The van der Waals surface area contributed by atoms with E-state index in [1.54, 1.807) is 6.20 Å². The molecule has 3 rings (SSSR count). The molecule has 19 heavy (non-hydrogen) atoms. The number of hydrogen-bond acceptors (Lipinski definition) is 4. The maximum absolute atomic E-state index is 6.21. The zero-order chi connectivity index (χ0) is 13.1. The summed E-state index contributed by atoms with van der Waals surface area (Å²) in [5.74, 6) is 0.799. The first-order valence-corrected chi connectivity index (χ1v) is 7.25. The molecule has 1 saturated heterocycles. The summed E-state index contributed by atoms with van der Waals surface area (Å²) < 4.78 is 12.0. The largest absolute Gasteiger partial charge is 0.489 e. The van der Waals surface area contributed by atoms with E-state index in [1.807, 2.05) is 12.1 Å². The van der Waals surface area contributed by atoms with Crippen LogP contribution in [0, 0.1) is 0 Å².